The number of methoxy groups -OCH3 is 1. The number of nitrogens with one attached hydrogen (secondary N) is 1. The molecule has 4 rings (SSSR count). The molecule has 7 heteroatoms. The second-order valence-corrected chi connectivity index (χ2v) is 7.97. The molecule has 0 saturated carbocycles. The lowest BCUT2D eigenvalue weighted by Crippen LogP contribution is -2.46. The Morgan fingerprint density at radius 2 is 1.87 bits per heavy atom. The first-order chi connectivity index (χ1) is 14.8. The average molecular weight is 423 g/mol. The lowest BCUT2D eigenvalue weighted by atomic mass is 10.2. The number of ether oxygens (including phenoxy) is 1. The Morgan fingerprint density at radius 3 is 2.70 bits per heavy atom. The molecule has 1 fully saturated rings. The van der Waals surface area contributed by atoms with E-state index in [0.717, 1.165) is 54.2 Å². The van der Waals surface area contributed by atoms with Gasteiger partial charge in [-0.05, 0) is 29.7 Å². The van der Waals surface area contributed by atoms with Crippen molar-refractivity contribution in [2.24, 2.45) is 0 Å². The van der Waals surface area contributed by atoms with Crippen molar-refractivity contribution >= 4 is 33.2 Å². The first-order valence-electron chi connectivity index (χ1n) is 10.1. The number of carbonyl (C=O) groups excluding carboxylic acids is 1. The van der Waals surface area contributed by atoms with Gasteiger partial charge in [-0.25, -0.2) is 0 Å². The maximum absolute atomic E-state index is 12.4. The van der Waals surface area contributed by atoms with E-state index in [1.54, 1.807) is 7.11 Å². The van der Waals surface area contributed by atoms with Crippen molar-refractivity contribution in [3.8, 4) is 5.75 Å². The minimum absolute atomic E-state index is 0.123. The summed E-state index contributed by atoms with van der Waals surface area (Å²) in [5, 5.41) is 3.85. The van der Waals surface area contributed by atoms with Crippen LogP contribution in [0, 0.1) is 0 Å². The molecule has 1 saturated heterocycles. The molecule has 6 nitrogen and oxygen atoms in total. The van der Waals surface area contributed by atoms with Gasteiger partial charge in [-0.15, -0.1) is 0 Å². The average Bonchev–Trinajstić information content (AvgIpc) is 3.23. The van der Waals surface area contributed by atoms with Gasteiger partial charge in [0.15, 0.2) is 0 Å². The number of fused-ring (bicyclic) bond motifs is 1. The molecule has 156 valence electrons. The second-order valence-electron chi connectivity index (χ2n) is 7.17. The lowest BCUT2D eigenvalue weighted by Gasteiger charge is -2.36. The minimum Gasteiger partial charge on any atom is -0.495 e. The minimum atomic E-state index is -0.123. The van der Waals surface area contributed by atoms with Gasteiger partial charge in [-0.3, -0.25) is 9.69 Å². The molecule has 0 atom stereocenters. The Balaban J connectivity index is 1.21. The highest BCUT2D eigenvalue weighted by Gasteiger charge is 2.18. The Bertz CT molecular complexity index is 1020. The van der Waals surface area contributed by atoms with E-state index in [9.17, 15) is 4.79 Å². The largest absolute Gasteiger partial charge is 0.495 e. The van der Waals surface area contributed by atoms with E-state index < -0.39 is 0 Å². The normalized spacial score (nSPS) is 15.0. The zero-order chi connectivity index (χ0) is 20.8. The van der Waals surface area contributed by atoms with Crippen molar-refractivity contribution in [3.63, 3.8) is 0 Å². The van der Waals surface area contributed by atoms with Crippen LogP contribution in [0.2, 0.25) is 0 Å². The molecule has 30 heavy (non-hydrogen) atoms. The molecule has 0 unspecified atom stereocenters. The quantitative estimate of drug-likeness (QED) is 0.592. The number of para-hydroxylation sites is 2. The van der Waals surface area contributed by atoms with Gasteiger partial charge in [-0.1, -0.05) is 42.5 Å². The summed E-state index contributed by atoms with van der Waals surface area (Å²) in [7, 11) is 1.72. The molecule has 0 radical (unpaired) electrons. The number of aromatic nitrogens is 1. The van der Waals surface area contributed by atoms with Crippen molar-refractivity contribution in [2.45, 2.75) is 0 Å². The topological polar surface area (TPSA) is 57.7 Å². The number of hydrogen-bond donors (Lipinski definition) is 1. The van der Waals surface area contributed by atoms with E-state index in [0.29, 0.717) is 12.2 Å². The maximum Gasteiger partial charge on any atom is 0.271 e. The first-order valence-corrected chi connectivity index (χ1v) is 10.9. The SMILES string of the molecule is COc1ccccc1N1CCN(C/C=C\CNC(=O)c2nsc3ccccc23)CC1. The summed E-state index contributed by atoms with van der Waals surface area (Å²) in [6.45, 7) is 5.34. The summed E-state index contributed by atoms with van der Waals surface area (Å²) in [5.41, 5.74) is 1.67. The predicted molar refractivity (Wildman–Crippen MR) is 123 cm³/mol. The van der Waals surface area contributed by atoms with Gasteiger partial charge in [0.05, 0.1) is 17.5 Å². The summed E-state index contributed by atoms with van der Waals surface area (Å²) in [6.07, 6.45) is 4.14. The predicted octanol–water partition coefficient (Wildman–Crippen LogP) is 3.41. The Kier molecular flexibility index (Phi) is 6.61. The van der Waals surface area contributed by atoms with Crippen LogP contribution in [-0.4, -0.2) is 61.6 Å². The summed E-state index contributed by atoms with van der Waals surface area (Å²) >= 11 is 1.36. The summed E-state index contributed by atoms with van der Waals surface area (Å²) in [4.78, 5) is 17.2. The van der Waals surface area contributed by atoms with Crippen molar-refractivity contribution < 1.29 is 9.53 Å². The zero-order valence-corrected chi connectivity index (χ0v) is 17.9. The standard InChI is InChI=1S/C23H26N4O2S/c1-29-20-10-4-3-9-19(20)27-16-14-26(15-17-27)13-7-6-12-24-23(28)22-18-8-2-5-11-21(18)30-25-22/h2-11H,12-17H2,1H3,(H,24,28)/b7-6-. The number of hydrogen-bond acceptors (Lipinski definition) is 6. The van der Waals surface area contributed by atoms with Crippen LogP contribution in [-0.2, 0) is 0 Å². The van der Waals surface area contributed by atoms with E-state index in [1.807, 2.05) is 42.5 Å². The molecule has 3 aromatic rings. The highest BCUT2D eigenvalue weighted by Crippen LogP contribution is 2.28. The van der Waals surface area contributed by atoms with Gasteiger partial charge in [-0.2, -0.15) is 4.37 Å². The fourth-order valence-electron chi connectivity index (χ4n) is 3.65. The number of anilines is 1. The molecule has 0 aliphatic carbocycles. The maximum atomic E-state index is 12.4. The smallest absolute Gasteiger partial charge is 0.271 e. The van der Waals surface area contributed by atoms with E-state index in [-0.39, 0.29) is 5.91 Å². The zero-order valence-electron chi connectivity index (χ0n) is 17.1. The summed E-state index contributed by atoms with van der Waals surface area (Å²) in [5.74, 6) is 0.803. The summed E-state index contributed by atoms with van der Waals surface area (Å²) in [6, 6.07) is 16.0. The van der Waals surface area contributed by atoms with Crippen LogP contribution in [0.4, 0.5) is 5.69 Å². The molecule has 0 bridgehead atoms. The third-order valence-corrected chi connectivity index (χ3v) is 6.13. The number of piperazine rings is 1. The third-order valence-electron chi connectivity index (χ3n) is 5.30. The molecular formula is C23H26N4O2S. The van der Waals surface area contributed by atoms with Gasteiger partial charge >= 0.3 is 0 Å². The molecular weight excluding hydrogens is 396 g/mol. The molecule has 0 spiro atoms. The number of benzene rings is 2. The molecule has 1 aliphatic heterocycles. The monoisotopic (exact) mass is 422 g/mol. The van der Waals surface area contributed by atoms with Gasteiger partial charge in [0, 0.05) is 44.7 Å². The number of carbonyl (C=O) groups is 1. The highest BCUT2D eigenvalue weighted by atomic mass is 32.1. The van der Waals surface area contributed by atoms with E-state index >= 15 is 0 Å². The molecule has 1 aliphatic rings. The molecule has 1 N–H and O–H groups in total. The Morgan fingerprint density at radius 1 is 1.10 bits per heavy atom. The molecule has 2 aromatic carbocycles. The van der Waals surface area contributed by atoms with Crippen LogP contribution in [0.25, 0.3) is 10.1 Å². The van der Waals surface area contributed by atoms with Gasteiger partial charge < -0.3 is 15.0 Å². The second kappa shape index (κ2) is 9.73. The summed E-state index contributed by atoms with van der Waals surface area (Å²) < 4.78 is 10.8. The van der Waals surface area contributed by atoms with Gasteiger partial charge in [0.25, 0.3) is 5.91 Å². The fourth-order valence-corrected chi connectivity index (χ4v) is 4.43. The van der Waals surface area contributed by atoms with E-state index in [1.165, 1.54) is 11.5 Å². The van der Waals surface area contributed by atoms with Crippen LogP contribution in [0.5, 0.6) is 5.75 Å². The third kappa shape index (κ3) is 4.63. The molecule has 2 heterocycles. The Labute approximate surface area is 180 Å². The number of nitrogens with zero attached hydrogens (tertiary/aromatic N) is 3. The number of rotatable bonds is 7. The van der Waals surface area contributed by atoms with Crippen LogP contribution >= 0.6 is 11.5 Å². The Hall–Kier alpha value is -2.90. The van der Waals surface area contributed by atoms with Crippen LogP contribution in [0.15, 0.2) is 60.7 Å². The fraction of sp³-hybridized carbons (Fsp3) is 0.304. The van der Waals surface area contributed by atoms with Crippen molar-refractivity contribution in [2.75, 3.05) is 51.3 Å². The number of amides is 1. The van der Waals surface area contributed by atoms with E-state index in [4.69, 9.17) is 4.74 Å². The lowest BCUT2D eigenvalue weighted by molar-refractivity contribution is 0.0956. The van der Waals surface area contributed by atoms with Crippen molar-refractivity contribution in [3.05, 3.63) is 66.4 Å². The molecule has 1 amide bonds. The highest BCUT2D eigenvalue weighted by molar-refractivity contribution is 7.13. The molecule has 1 aromatic heterocycles. The van der Waals surface area contributed by atoms with Crippen molar-refractivity contribution in [1.29, 1.82) is 0 Å². The van der Waals surface area contributed by atoms with Crippen molar-refractivity contribution in [1.82, 2.24) is 14.6 Å². The van der Waals surface area contributed by atoms with Crippen LogP contribution < -0.4 is 15.0 Å². The van der Waals surface area contributed by atoms with Crippen LogP contribution in [0.3, 0.4) is 0 Å². The van der Waals surface area contributed by atoms with Gasteiger partial charge in [0.1, 0.15) is 11.4 Å². The first kappa shape index (κ1) is 20.4. The van der Waals surface area contributed by atoms with Crippen LogP contribution in [0.1, 0.15) is 10.5 Å². The van der Waals surface area contributed by atoms with Gasteiger partial charge in [0.2, 0.25) is 0 Å². The van der Waals surface area contributed by atoms with E-state index in [2.05, 4.69) is 37.7 Å².